The summed E-state index contributed by atoms with van der Waals surface area (Å²) in [6.07, 6.45) is 4.22. The van der Waals surface area contributed by atoms with Crippen molar-refractivity contribution in [1.82, 2.24) is 25.4 Å². The number of rotatable bonds is 5. The lowest BCUT2D eigenvalue weighted by atomic mass is 9.96. The lowest BCUT2D eigenvalue weighted by Crippen LogP contribution is -2.47. The van der Waals surface area contributed by atoms with E-state index in [0.29, 0.717) is 30.2 Å². The number of nitrogens with one attached hydrogen (secondary N) is 2. The van der Waals surface area contributed by atoms with Crippen LogP contribution >= 0.6 is 0 Å². The highest BCUT2D eigenvalue weighted by atomic mass is 16.2. The van der Waals surface area contributed by atoms with E-state index < -0.39 is 0 Å². The Morgan fingerprint density at radius 3 is 2.96 bits per heavy atom. The Morgan fingerprint density at radius 1 is 1.38 bits per heavy atom. The molecular formula is C19H25N5O2. The Balaban J connectivity index is 1.66. The number of likely N-dealkylation sites (tertiary alicyclic amines) is 1. The van der Waals surface area contributed by atoms with Crippen LogP contribution in [-0.2, 0) is 4.79 Å². The third-order valence-corrected chi connectivity index (χ3v) is 4.82. The molecule has 2 atom stereocenters. The van der Waals surface area contributed by atoms with Crippen LogP contribution in [0.4, 0.5) is 0 Å². The Morgan fingerprint density at radius 2 is 2.23 bits per heavy atom. The van der Waals surface area contributed by atoms with Crippen LogP contribution in [0, 0.1) is 5.92 Å². The summed E-state index contributed by atoms with van der Waals surface area (Å²) in [4.78, 5) is 31.2. The van der Waals surface area contributed by atoms with Gasteiger partial charge >= 0.3 is 0 Å². The topological polar surface area (TPSA) is 91.0 Å². The first kappa shape index (κ1) is 18.1. The van der Waals surface area contributed by atoms with Crippen LogP contribution < -0.4 is 5.32 Å². The molecule has 1 aliphatic heterocycles. The maximum Gasteiger partial charge on any atom is 0.271 e. The standard InChI is InChI=1S/C19H25N5O2/c1-3-13(2)21-18(25)14-7-6-10-24(12-14)19(26)17-11-16(22-23-17)15-8-4-5-9-20-15/h4-5,8-9,11,13-14H,3,6-7,10,12H2,1-2H3,(H,21,25)(H,22,23). The number of carbonyl (C=O) groups is 2. The molecule has 0 radical (unpaired) electrons. The molecule has 2 N–H and O–H groups in total. The second-order valence-electron chi connectivity index (χ2n) is 6.79. The predicted octanol–water partition coefficient (Wildman–Crippen LogP) is 2.24. The summed E-state index contributed by atoms with van der Waals surface area (Å²) in [5.41, 5.74) is 1.78. The van der Waals surface area contributed by atoms with Crippen molar-refractivity contribution in [3.05, 3.63) is 36.2 Å². The van der Waals surface area contributed by atoms with Crippen LogP contribution in [0.5, 0.6) is 0 Å². The van der Waals surface area contributed by atoms with E-state index in [1.165, 1.54) is 0 Å². The van der Waals surface area contributed by atoms with Crippen LogP contribution in [0.1, 0.15) is 43.6 Å². The van der Waals surface area contributed by atoms with Gasteiger partial charge in [-0.25, -0.2) is 0 Å². The summed E-state index contributed by atoms with van der Waals surface area (Å²) in [5.74, 6) is -0.240. The Hall–Kier alpha value is -2.70. The molecule has 2 amide bonds. The summed E-state index contributed by atoms with van der Waals surface area (Å²) < 4.78 is 0. The van der Waals surface area contributed by atoms with Gasteiger partial charge in [-0.15, -0.1) is 0 Å². The quantitative estimate of drug-likeness (QED) is 0.860. The molecule has 1 aliphatic rings. The first-order valence-electron chi connectivity index (χ1n) is 9.15. The number of hydrogen-bond donors (Lipinski definition) is 2. The van der Waals surface area contributed by atoms with Crippen molar-refractivity contribution in [3.63, 3.8) is 0 Å². The number of aromatic amines is 1. The zero-order chi connectivity index (χ0) is 18.5. The highest BCUT2D eigenvalue weighted by Gasteiger charge is 2.30. The number of amides is 2. The first-order valence-corrected chi connectivity index (χ1v) is 9.15. The minimum Gasteiger partial charge on any atom is -0.353 e. The second-order valence-corrected chi connectivity index (χ2v) is 6.79. The normalized spacial score (nSPS) is 18.4. The lowest BCUT2D eigenvalue weighted by molar-refractivity contribution is -0.126. The third kappa shape index (κ3) is 4.09. The largest absolute Gasteiger partial charge is 0.353 e. The molecule has 3 rings (SSSR count). The van der Waals surface area contributed by atoms with Gasteiger partial charge in [0.2, 0.25) is 5.91 Å². The van der Waals surface area contributed by atoms with Crippen LogP contribution in [0.15, 0.2) is 30.5 Å². The molecule has 0 saturated carbocycles. The van der Waals surface area contributed by atoms with E-state index in [1.807, 2.05) is 32.0 Å². The van der Waals surface area contributed by atoms with E-state index in [4.69, 9.17) is 0 Å². The van der Waals surface area contributed by atoms with Crippen molar-refractivity contribution in [3.8, 4) is 11.4 Å². The fourth-order valence-electron chi connectivity index (χ4n) is 3.09. The average Bonchev–Trinajstić information content (AvgIpc) is 3.18. The van der Waals surface area contributed by atoms with Crippen LogP contribution in [-0.4, -0.2) is 51.0 Å². The molecule has 1 fully saturated rings. The molecule has 1 saturated heterocycles. The minimum absolute atomic E-state index is 0.0376. The Kier molecular flexibility index (Phi) is 5.65. The highest BCUT2D eigenvalue weighted by Crippen LogP contribution is 2.20. The van der Waals surface area contributed by atoms with E-state index in [2.05, 4.69) is 20.5 Å². The van der Waals surface area contributed by atoms with Crippen molar-refractivity contribution in [2.75, 3.05) is 13.1 Å². The van der Waals surface area contributed by atoms with Crippen molar-refractivity contribution < 1.29 is 9.59 Å². The molecule has 26 heavy (non-hydrogen) atoms. The van der Waals surface area contributed by atoms with E-state index in [0.717, 1.165) is 19.3 Å². The van der Waals surface area contributed by atoms with E-state index in [-0.39, 0.29) is 23.8 Å². The zero-order valence-corrected chi connectivity index (χ0v) is 15.2. The highest BCUT2D eigenvalue weighted by molar-refractivity contribution is 5.93. The van der Waals surface area contributed by atoms with Gasteiger partial charge in [0, 0.05) is 25.3 Å². The first-order chi connectivity index (χ1) is 12.6. The maximum atomic E-state index is 12.8. The molecule has 2 aromatic rings. The predicted molar refractivity (Wildman–Crippen MR) is 98.3 cm³/mol. The van der Waals surface area contributed by atoms with Gasteiger partial charge in [-0.1, -0.05) is 13.0 Å². The fourth-order valence-corrected chi connectivity index (χ4v) is 3.09. The summed E-state index contributed by atoms with van der Waals surface area (Å²) in [6, 6.07) is 7.43. The van der Waals surface area contributed by atoms with Gasteiger partial charge < -0.3 is 10.2 Å². The number of nitrogens with zero attached hydrogens (tertiary/aromatic N) is 3. The molecule has 3 heterocycles. The number of piperidine rings is 1. The van der Waals surface area contributed by atoms with Gasteiger partial charge in [0.05, 0.1) is 11.6 Å². The van der Waals surface area contributed by atoms with E-state index in [1.54, 1.807) is 17.2 Å². The van der Waals surface area contributed by atoms with Gasteiger partial charge in [0.15, 0.2) is 0 Å². The Labute approximate surface area is 153 Å². The summed E-state index contributed by atoms with van der Waals surface area (Å²) in [6.45, 7) is 5.13. The molecule has 2 unspecified atom stereocenters. The molecular weight excluding hydrogens is 330 g/mol. The Bertz CT molecular complexity index is 758. The molecule has 7 nitrogen and oxygen atoms in total. The van der Waals surface area contributed by atoms with Crippen molar-refractivity contribution in [2.45, 2.75) is 39.2 Å². The van der Waals surface area contributed by atoms with Crippen molar-refractivity contribution >= 4 is 11.8 Å². The van der Waals surface area contributed by atoms with E-state index >= 15 is 0 Å². The van der Waals surface area contributed by atoms with Gasteiger partial charge in [0.1, 0.15) is 11.4 Å². The second kappa shape index (κ2) is 8.12. The van der Waals surface area contributed by atoms with Crippen molar-refractivity contribution in [2.24, 2.45) is 5.92 Å². The summed E-state index contributed by atoms with van der Waals surface area (Å²) in [5, 5.41) is 10.0. The van der Waals surface area contributed by atoms with Crippen molar-refractivity contribution in [1.29, 1.82) is 0 Å². The average molecular weight is 355 g/mol. The molecule has 0 spiro atoms. The summed E-state index contributed by atoms with van der Waals surface area (Å²) in [7, 11) is 0. The van der Waals surface area contributed by atoms with Gasteiger partial charge in [-0.05, 0) is 44.4 Å². The SMILES string of the molecule is CCC(C)NC(=O)C1CCCN(C(=O)c2cc(-c3ccccn3)n[nH]2)C1. The van der Waals surface area contributed by atoms with Gasteiger partial charge in [-0.2, -0.15) is 5.10 Å². The van der Waals surface area contributed by atoms with E-state index in [9.17, 15) is 9.59 Å². The number of H-pyrrole nitrogens is 1. The smallest absolute Gasteiger partial charge is 0.271 e. The number of aromatic nitrogens is 3. The monoisotopic (exact) mass is 355 g/mol. The molecule has 2 aromatic heterocycles. The molecule has 0 bridgehead atoms. The zero-order valence-electron chi connectivity index (χ0n) is 15.2. The molecule has 7 heteroatoms. The fraction of sp³-hybridized carbons (Fsp3) is 0.474. The minimum atomic E-state index is -0.153. The van der Waals surface area contributed by atoms with Crippen LogP contribution in [0.2, 0.25) is 0 Å². The van der Waals surface area contributed by atoms with Gasteiger partial charge in [-0.3, -0.25) is 19.7 Å². The van der Waals surface area contributed by atoms with Gasteiger partial charge in [0.25, 0.3) is 5.91 Å². The third-order valence-electron chi connectivity index (χ3n) is 4.82. The molecule has 0 aromatic carbocycles. The van der Waals surface area contributed by atoms with Crippen LogP contribution in [0.25, 0.3) is 11.4 Å². The maximum absolute atomic E-state index is 12.8. The number of pyridine rings is 1. The molecule has 138 valence electrons. The summed E-state index contributed by atoms with van der Waals surface area (Å²) >= 11 is 0. The number of hydrogen-bond acceptors (Lipinski definition) is 4. The number of carbonyl (C=O) groups excluding carboxylic acids is 2. The molecule has 0 aliphatic carbocycles. The lowest BCUT2D eigenvalue weighted by Gasteiger charge is -2.32. The van der Waals surface area contributed by atoms with Crippen LogP contribution in [0.3, 0.4) is 0 Å².